The van der Waals surface area contributed by atoms with Crippen molar-refractivity contribution < 1.29 is 9.47 Å². The van der Waals surface area contributed by atoms with E-state index in [2.05, 4.69) is 0 Å². The van der Waals surface area contributed by atoms with Crippen LogP contribution in [0.1, 0.15) is 31.7 Å². The first-order chi connectivity index (χ1) is 8.35. The van der Waals surface area contributed by atoms with Crippen LogP contribution < -0.4 is 9.47 Å². The fourth-order valence-electron chi connectivity index (χ4n) is 1.96. The standard InChI is InChI=1S/C14H19ClO2/c1-2-16-13-8-4-7-12(9-15)14(13)17-10-11-5-3-6-11/h4,7-8,11H,2-3,5-6,9-10H2,1H3. The number of hydrogen-bond acceptors (Lipinski definition) is 2. The van der Waals surface area contributed by atoms with Crippen LogP contribution in [0, 0.1) is 5.92 Å². The van der Waals surface area contributed by atoms with Crippen LogP contribution in [0.2, 0.25) is 0 Å². The molecule has 17 heavy (non-hydrogen) atoms. The fourth-order valence-corrected chi connectivity index (χ4v) is 2.17. The second kappa shape index (κ2) is 6.15. The Morgan fingerprint density at radius 3 is 2.71 bits per heavy atom. The Hall–Kier alpha value is -0.890. The van der Waals surface area contributed by atoms with Gasteiger partial charge in [0.15, 0.2) is 11.5 Å². The minimum Gasteiger partial charge on any atom is -0.490 e. The van der Waals surface area contributed by atoms with Gasteiger partial charge in [-0.15, -0.1) is 11.6 Å². The SMILES string of the molecule is CCOc1cccc(CCl)c1OCC1CCC1. The van der Waals surface area contributed by atoms with E-state index in [9.17, 15) is 0 Å². The lowest BCUT2D eigenvalue weighted by molar-refractivity contribution is 0.173. The molecule has 0 radical (unpaired) electrons. The van der Waals surface area contributed by atoms with E-state index in [4.69, 9.17) is 21.1 Å². The van der Waals surface area contributed by atoms with Gasteiger partial charge in [0.1, 0.15) is 0 Å². The normalized spacial score (nSPS) is 15.4. The molecule has 0 heterocycles. The molecular weight excluding hydrogens is 236 g/mol. The summed E-state index contributed by atoms with van der Waals surface area (Å²) >= 11 is 5.93. The molecule has 1 fully saturated rings. The third-order valence-corrected chi connectivity index (χ3v) is 3.48. The van der Waals surface area contributed by atoms with Gasteiger partial charge in [-0.05, 0) is 31.7 Å². The number of hydrogen-bond donors (Lipinski definition) is 0. The number of ether oxygens (including phenoxy) is 2. The minimum absolute atomic E-state index is 0.459. The van der Waals surface area contributed by atoms with E-state index in [-0.39, 0.29) is 0 Å². The van der Waals surface area contributed by atoms with Gasteiger partial charge >= 0.3 is 0 Å². The lowest BCUT2D eigenvalue weighted by Crippen LogP contribution is -2.19. The van der Waals surface area contributed by atoms with E-state index in [1.165, 1.54) is 19.3 Å². The minimum atomic E-state index is 0.459. The van der Waals surface area contributed by atoms with Crippen LogP contribution >= 0.6 is 11.6 Å². The first-order valence-corrected chi connectivity index (χ1v) is 6.82. The molecule has 1 aliphatic carbocycles. The molecule has 0 N–H and O–H groups in total. The molecule has 1 aliphatic rings. The van der Waals surface area contributed by atoms with E-state index < -0.39 is 0 Å². The molecule has 3 heteroatoms. The molecule has 0 aromatic heterocycles. The lowest BCUT2D eigenvalue weighted by Gasteiger charge is -2.26. The Bertz CT molecular complexity index is 361. The molecule has 0 aliphatic heterocycles. The van der Waals surface area contributed by atoms with Gasteiger partial charge in [0, 0.05) is 5.56 Å². The first kappa shape index (κ1) is 12.6. The van der Waals surface area contributed by atoms with E-state index in [1.807, 2.05) is 25.1 Å². The van der Waals surface area contributed by atoms with Crippen molar-refractivity contribution in [1.29, 1.82) is 0 Å². The summed E-state index contributed by atoms with van der Waals surface area (Å²) in [5.41, 5.74) is 1.01. The summed E-state index contributed by atoms with van der Waals surface area (Å²) in [6.07, 6.45) is 3.91. The second-order valence-corrected chi connectivity index (χ2v) is 4.69. The van der Waals surface area contributed by atoms with Crippen molar-refractivity contribution in [2.45, 2.75) is 32.1 Å². The maximum absolute atomic E-state index is 5.93. The number of alkyl halides is 1. The summed E-state index contributed by atoms with van der Waals surface area (Å²) in [5, 5.41) is 0. The zero-order valence-electron chi connectivity index (χ0n) is 10.2. The van der Waals surface area contributed by atoms with Crippen molar-refractivity contribution in [2.24, 2.45) is 5.92 Å². The zero-order valence-corrected chi connectivity index (χ0v) is 11.0. The second-order valence-electron chi connectivity index (χ2n) is 4.42. The van der Waals surface area contributed by atoms with Gasteiger partial charge in [-0.2, -0.15) is 0 Å². The molecule has 0 amide bonds. The van der Waals surface area contributed by atoms with Gasteiger partial charge in [0.2, 0.25) is 0 Å². The molecule has 0 bridgehead atoms. The van der Waals surface area contributed by atoms with Crippen molar-refractivity contribution in [3.05, 3.63) is 23.8 Å². The molecule has 2 rings (SSSR count). The van der Waals surface area contributed by atoms with E-state index in [0.29, 0.717) is 18.4 Å². The summed E-state index contributed by atoms with van der Waals surface area (Å²) in [5.74, 6) is 2.81. The van der Waals surface area contributed by atoms with Crippen LogP contribution in [-0.4, -0.2) is 13.2 Å². The van der Waals surface area contributed by atoms with E-state index >= 15 is 0 Å². The number of para-hydroxylation sites is 1. The zero-order chi connectivity index (χ0) is 12.1. The Morgan fingerprint density at radius 2 is 2.12 bits per heavy atom. The van der Waals surface area contributed by atoms with Crippen LogP contribution in [0.3, 0.4) is 0 Å². The maximum atomic E-state index is 5.93. The largest absolute Gasteiger partial charge is 0.490 e. The Balaban J connectivity index is 2.08. The van der Waals surface area contributed by atoms with Gasteiger partial charge in [-0.3, -0.25) is 0 Å². The smallest absolute Gasteiger partial charge is 0.165 e. The molecule has 0 unspecified atom stereocenters. The molecule has 2 nitrogen and oxygen atoms in total. The van der Waals surface area contributed by atoms with Crippen LogP contribution in [0.4, 0.5) is 0 Å². The molecule has 0 saturated heterocycles. The van der Waals surface area contributed by atoms with E-state index in [0.717, 1.165) is 23.7 Å². The maximum Gasteiger partial charge on any atom is 0.165 e. The number of benzene rings is 1. The number of rotatable bonds is 6. The van der Waals surface area contributed by atoms with Crippen LogP contribution in [-0.2, 0) is 5.88 Å². The molecule has 1 saturated carbocycles. The highest BCUT2D eigenvalue weighted by atomic mass is 35.5. The van der Waals surface area contributed by atoms with Crippen LogP contribution in [0.25, 0.3) is 0 Å². The van der Waals surface area contributed by atoms with Gasteiger partial charge in [0.05, 0.1) is 19.1 Å². The lowest BCUT2D eigenvalue weighted by atomic mass is 9.86. The summed E-state index contributed by atoms with van der Waals surface area (Å²) in [4.78, 5) is 0. The summed E-state index contributed by atoms with van der Waals surface area (Å²) in [6, 6.07) is 5.89. The van der Waals surface area contributed by atoms with E-state index in [1.54, 1.807) is 0 Å². The predicted molar refractivity (Wildman–Crippen MR) is 70.0 cm³/mol. The molecule has 1 aromatic rings. The Labute approximate surface area is 108 Å². The topological polar surface area (TPSA) is 18.5 Å². The average Bonchev–Trinajstić information content (AvgIpc) is 2.29. The molecular formula is C14H19ClO2. The van der Waals surface area contributed by atoms with Crippen molar-refractivity contribution in [1.82, 2.24) is 0 Å². The van der Waals surface area contributed by atoms with Gasteiger partial charge in [-0.25, -0.2) is 0 Å². The highest BCUT2D eigenvalue weighted by molar-refractivity contribution is 6.17. The van der Waals surface area contributed by atoms with Gasteiger partial charge < -0.3 is 9.47 Å². The average molecular weight is 255 g/mol. The van der Waals surface area contributed by atoms with Crippen molar-refractivity contribution >= 4 is 11.6 Å². The van der Waals surface area contributed by atoms with Crippen molar-refractivity contribution in [3.8, 4) is 11.5 Å². The van der Waals surface area contributed by atoms with Crippen LogP contribution in [0.5, 0.6) is 11.5 Å². The highest BCUT2D eigenvalue weighted by Crippen LogP contribution is 2.34. The highest BCUT2D eigenvalue weighted by Gasteiger charge is 2.19. The quantitative estimate of drug-likeness (QED) is 0.715. The first-order valence-electron chi connectivity index (χ1n) is 6.28. The molecule has 0 atom stereocenters. The van der Waals surface area contributed by atoms with Crippen molar-refractivity contribution in [3.63, 3.8) is 0 Å². The molecule has 94 valence electrons. The molecule has 1 aromatic carbocycles. The molecule has 0 spiro atoms. The fraction of sp³-hybridized carbons (Fsp3) is 0.571. The summed E-state index contributed by atoms with van der Waals surface area (Å²) < 4.78 is 11.5. The third kappa shape index (κ3) is 3.06. The van der Waals surface area contributed by atoms with Crippen molar-refractivity contribution in [2.75, 3.05) is 13.2 Å². The van der Waals surface area contributed by atoms with Crippen LogP contribution in [0.15, 0.2) is 18.2 Å². The van der Waals surface area contributed by atoms with Gasteiger partial charge in [-0.1, -0.05) is 18.6 Å². The summed E-state index contributed by atoms with van der Waals surface area (Å²) in [7, 11) is 0. The Morgan fingerprint density at radius 1 is 1.29 bits per heavy atom. The number of halogens is 1. The monoisotopic (exact) mass is 254 g/mol. The van der Waals surface area contributed by atoms with Gasteiger partial charge in [0.25, 0.3) is 0 Å². The third-order valence-electron chi connectivity index (χ3n) is 3.19. The predicted octanol–water partition coefficient (Wildman–Crippen LogP) is 4.00. The summed E-state index contributed by atoms with van der Waals surface area (Å²) in [6.45, 7) is 3.41. The Kier molecular flexibility index (Phi) is 4.55.